The second-order valence-electron chi connectivity index (χ2n) is 3.56. The zero-order valence-corrected chi connectivity index (χ0v) is 10.1. The first-order valence-electron chi connectivity index (χ1n) is 4.86. The van der Waals surface area contributed by atoms with Crippen LogP contribution < -0.4 is 19.7 Å². The van der Waals surface area contributed by atoms with Crippen LogP contribution in [0, 0.1) is 0 Å². The number of hydrogen-bond acceptors (Lipinski definition) is 5. The lowest BCUT2D eigenvalue weighted by atomic mass is 10.2. The van der Waals surface area contributed by atoms with Crippen LogP contribution in [0.1, 0.15) is 5.56 Å². The van der Waals surface area contributed by atoms with Gasteiger partial charge in [-0.1, -0.05) is 6.07 Å². The Kier molecular flexibility index (Phi) is 3.13. The average Bonchev–Trinajstić information content (AvgIpc) is 2.50. The molecule has 100 valence electrons. The van der Waals surface area contributed by atoms with E-state index in [2.05, 4.69) is 19.7 Å². The topological polar surface area (TPSA) is 76.7 Å². The Bertz CT molecular complexity index is 562. The summed E-state index contributed by atoms with van der Waals surface area (Å²) in [5, 5.41) is 0. The van der Waals surface area contributed by atoms with Crippen molar-refractivity contribution in [2.24, 2.45) is 0 Å². The summed E-state index contributed by atoms with van der Waals surface area (Å²) in [5.74, 6) is -0.671. The van der Waals surface area contributed by atoms with E-state index >= 15 is 0 Å². The predicted molar refractivity (Wildman–Crippen MR) is 57.5 cm³/mol. The van der Waals surface area contributed by atoms with Crippen LogP contribution in [-0.2, 0) is 15.8 Å². The van der Waals surface area contributed by atoms with E-state index in [1.807, 2.05) is 0 Å². The van der Waals surface area contributed by atoms with Gasteiger partial charge in [0, 0.05) is 0 Å². The maximum absolute atomic E-state index is 12.7. The quantitative estimate of drug-likeness (QED) is 0.788. The van der Waals surface area contributed by atoms with Gasteiger partial charge >= 0.3 is 6.29 Å². The number of nitrogens with one attached hydrogen (secondary N) is 2. The van der Waals surface area contributed by atoms with Crippen LogP contribution in [0.4, 0.5) is 8.78 Å². The minimum absolute atomic E-state index is 0.122. The zero-order chi connectivity index (χ0) is 13.4. The molecule has 1 aromatic carbocycles. The highest BCUT2D eigenvalue weighted by Crippen LogP contribution is 2.41. The van der Waals surface area contributed by atoms with E-state index in [1.54, 1.807) is 0 Å². The zero-order valence-electron chi connectivity index (χ0n) is 9.24. The molecule has 0 saturated carbocycles. The summed E-state index contributed by atoms with van der Waals surface area (Å²) in [4.78, 5) is 2.06. The first-order valence-corrected chi connectivity index (χ1v) is 6.51. The average molecular weight is 280 g/mol. The van der Waals surface area contributed by atoms with Crippen molar-refractivity contribution in [3.8, 4) is 11.5 Å². The molecule has 0 unspecified atom stereocenters. The van der Waals surface area contributed by atoms with Crippen LogP contribution in [-0.4, -0.2) is 21.8 Å². The molecule has 0 atom stereocenters. The fourth-order valence-electron chi connectivity index (χ4n) is 1.49. The standard InChI is InChI=1S/C9H10F2N2O4S/c1-12-13-18(14,15)5-6-2-3-7-8(4-6)17-9(10,11)16-7/h2-4,12-13H,5H2,1H3. The van der Waals surface area contributed by atoms with Crippen LogP contribution >= 0.6 is 0 Å². The highest BCUT2D eigenvalue weighted by Gasteiger charge is 2.43. The second kappa shape index (κ2) is 4.34. The summed E-state index contributed by atoms with van der Waals surface area (Å²) in [6.45, 7) is 0. The summed E-state index contributed by atoms with van der Waals surface area (Å²) in [6.07, 6.45) is -3.71. The molecule has 1 aliphatic rings. The molecular weight excluding hydrogens is 270 g/mol. The van der Waals surface area contributed by atoms with Gasteiger partial charge in [-0.3, -0.25) is 0 Å². The monoisotopic (exact) mass is 280 g/mol. The van der Waals surface area contributed by atoms with Crippen molar-refractivity contribution in [2.45, 2.75) is 12.0 Å². The summed E-state index contributed by atoms with van der Waals surface area (Å²) in [5.41, 5.74) is 2.58. The first kappa shape index (κ1) is 13.0. The third-order valence-corrected chi connectivity index (χ3v) is 3.31. The number of benzene rings is 1. The molecule has 0 fully saturated rings. The van der Waals surface area contributed by atoms with Gasteiger partial charge in [0.25, 0.3) is 0 Å². The highest BCUT2D eigenvalue weighted by molar-refractivity contribution is 7.88. The van der Waals surface area contributed by atoms with Gasteiger partial charge in [-0.25, -0.2) is 13.8 Å². The molecule has 1 aliphatic heterocycles. The van der Waals surface area contributed by atoms with Crippen LogP contribution in [0.5, 0.6) is 11.5 Å². The molecule has 0 bridgehead atoms. The molecule has 9 heteroatoms. The van der Waals surface area contributed by atoms with Gasteiger partial charge in [0.2, 0.25) is 10.0 Å². The van der Waals surface area contributed by atoms with Crippen LogP contribution in [0.2, 0.25) is 0 Å². The Morgan fingerprint density at radius 1 is 1.28 bits per heavy atom. The largest absolute Gasteiger partial charge is 0.586 e. The molecule has 1 aromatic rings. The smallest absolute Gasteiger partial charge is 0.395 e. The summed E-state index contributed by atoms with van der Waals surface area (Å²) in [6, 6.07) is 3.81. The minimum atomic E-state index is -3.71. The Hall–Kier alpha value is -1.45. The van der Waals surface area contributed by atoms with Crippen LogP contribution in [0.15, 0.2) is 18.2 Å². The molecular formula is C9H10F2N2O4S. The van der Waals surface area contributed by atoms with E-state index in [4.69, 9.17) is 0 Å². The van der Waals surface area contributed by atoms with E-state index in [0.717, 1.165) is 0 Å². The fraction of sp³-hybridized carbons (Fsp3) is 0.333. The van der Waals surface area contributed by atoms with Crippen molar-refractivity contribution < 1.29 is 26.7 Å². The molecule has 18 heavy (non-hydrogen) atoms. The number of alkyl halides is 2. The molecule has 6 nitrogen and oxygen atoms in total. The lowest BCUT2D eigenvalue weighted by Gasteiger charge is -2.05. The van der Waals surface area contributed by atoms with E-state index < -0.39 is 16.3 Å². The molecule has 0 aliphatic carbocycles. The van der Waals surface area contributed by atoms with Crippen molar-refractivity contribution in [3.63, 3.8) is 0 Å². The number of halogens is 2. The number of sulfonamides is 1. The number of fused-ring (bicyclic) bond motifs is 1. The Balaban J connectivity index is 2.19. The Morgan fingerprint density at radius 3 is 2.61 bits per heavy atom. The molecule has 0 aromatic heterocycles. The van der Waals surface area contributed by atoms with Gasteiger partial charge in [0.1, 0.15) is 0 Å². The van der Waals surface area contributed by atoms with Gasteiger partial charge in [-0.05, 0) is 24.7 Å². The van der Waals surface area contributed by atoms with Crippen molar-refractivity contribution in [3.05, 3.63) is 23.8 Å². The lowest BCUT2D eigenvalue weighted by Crippen LogP contribution is -2.35. The van der Waals surface area contributed by atoms with E-state index in [-0.39, 0.29) is 17.3 Å². The van der Waals surface area contributed by atoms with E-state index in [1.165, 1.54) is 25.2 Å². The maximum Gasteiger partial charge on any atom is 0.586 e. The van der Waals surface area contributed by atoms with Gasteiger partial charge in [-0.2, -0.15) is 4.83 Å². The SMILES string of the molecule is CNNS(=O)(=O)Cc1ccc2c(c1)OC(F)(F)O2. The van der Waals surface area contributed by atoms with Gasteiger partial charge in [0.05, 0.1) is 5.75 Å². The van der Waals surface area contributed by atoms with Crippen molar-refractivity contribution >= 4 is 10.0 Å². The van der Waals surface area contributed by atoms with Crippen molar-refractivity contribution in [2.75, 3.05) is 7.05 Å². The third kappa shape index (κ3) is 2.86. The second-order valence-corrected chi connectivity index (χ2v) is 5.28. The lowest BCUT2D eigenvalue weighted by molar-refractivity contribution is -0.286. The number of ether oxygens (including phenoxy) is 2. The van der Waals surface area contributed by atoms with Crippen LogP contribution in [0.25, 0.3) is 0 Å². The first-order chi connectivity index (χ1) is 8.31. The molecule has 0 amide bonds. The molecule has 0 spiro atoms. The molecule has 0 saturated heterocycles. The number of rotatable bonds is 4. The molecule has 1 heterocycles. The maximum atomic E-state index is 12.7. The fourth-order valence-corrected chi connectivity index (χ4v) is 2.50. The molecule has 0 radical (unpaired) electrons. The Morgan fingerprint density at radius 2 is 1.94 bits per heavy atom. The number of hydrogen-bond donors (Lipinski definition) is 2. The van der Waals surface area contributed by atoms with E-state index in [9.17, 15) is 17.2 Å². The minimum Gasteiger partial charge on any atom is -0.395 e. The van der Waals surface area contributed by atoms with E-state index in [0.29, 0.717) is 5.56 Å². The molecule has 2 rings (SSSR count). The summed E-state index contributed by atoms with van der Waals surface area (Å²) >= 11 is 0. The summed E-state index contributed by atoms with van der Waals surface area (Å²) < 4.78 is 56.8. The number of hydrazine groups is 1. The normalized spacial score (nSPS) is 16.8. The van der Waals surface area contributed by atoms with Crippen molar-refractivity contribution in [1.29, 1.82) is 0 Å². The third-order valence-electron chi connectivity index (χ3n) is 2.08. The summed E-state index contributed by atoms with van der Waals surface area (Å²) in [7, 11) is -2.18. The molecule has 2 N–H and O–H groups in total. The van der Waals surface area contributed by atoms with Gasteiger partial charge in [0.15, 0.2) is 11.5 Å². The van der Waals surface area contributed by atoms with Gasteiger partial charge in [-0.15, -0.1) is 8.78 Å². The van der Waals surface area contributed by atoms with Crippen molar-refractivity contribution in [1.82, 2.24) is 10.3 Å². The Labute approximate surface area is 102 Å². The van der Waals surface area contributed by atoms with Gasteiger partial charge < -0.3 is 9.47 Å². The predicted octanol–water partition coefficient (Wildman–Crippen LogP) is 0.562. The van der Waals surface area contributed by atoms with Crippen LogP contribution in [0.3, 0.4) is 0 Å². The highest BCUT2D eigenvalue weighted by atomic mass is 32.2.